The minimum Gasteiger partial charge on any atom is -0.309 e. The molecule has 0 bridgehead atoms. The summed E-state index contributed by atoms with van der Waals surface area (Å²) in [5.41, 5.74) is 20.7. The van der Waals surface area contributed by atoms with Gasteiger partial charge in [-0.25, -0.2) is 9.97 Å². The van der Waals surface area contributed by atoms with Gasteiger partial charge in [0, 0.05) is 79.2 Å². The van der Waals surface area contributed by atoms with Crippen LogP contribution in [0.15, 0.2) is 304 Å². The fourth-order valence-electron chi connectivity index (χ4n) is 12.1. The Balaban J connectivity index is 0.768. The Hall–Kier alpha value is -11.9. The van der Waals surface area contributed by atoms with Crippen molar-refractivity contribution in [1.29, 1.82) is 0 Å². The number of aromatic nitrogens is 8. The summed E-state index contributed by atoms with van der Waals surface area (Å²) in [6.07, 6.45) is 7.44. The molecule has 10 nitrogen and oxygen atoms in total. The van der Waals surface area contributed by atoms with Gasteiger partial charge in [-0.1, -0.05) is 121 Å². The standard InChI is InChI=1S/C76H50N10/c1-7-23-71-61(15-1)62-16-2-8-24-72(62)85(71)57-39-35-55(36-40-57)83(59-43-45-67(79-49-59)65-19-11-13-47-77-65)53-31-27-51(28-32-53)75-76(82-70-22-6-5-21-69(70)81-75)52-29-33-54(34-30-52)84(60-44-46-68(80-50-60)66-20-12-14-48-78-66)56-37-41-58(42-38-56)86-73-25-9-3-17-63(73)64-18-4-10-26-74(64)86/h1-50H. The number of fused-ring (bicyclic) bond motifs is 7. The molecule has 0 radical (unpaired) electrons. The Morgan fingerprint density at radius 1 is 0.244 bits per heavy atom. The molecule has 0 saturated carbocycles. The third-order valence-corrected chi connectivity index (χ3v) is 16.1. The molecule has 0 aliphatic carbocycles. The van der Waals surface area contributed by atoms with Crippen LogP contribution in [0.1, 0.15) is 0 Å². The van der Waals surface area contributed by atoms with Crippen LogP contribution in [0.25, 0.3) is 111 Å². The summed E-state index contributed by atoms with van der Waals surface area (Å²) in [6.45, 7) is 0. The first-order chi connectivity index (χ1) is 42.6. The molecule has 86 heavy (non-hydrogen) atoms. The highest BCUT2D eigenvalue weighted by atomic mass is 15.2. The topological polar surface area (TPSA) is 93.7 Å². The van der Waals surface area contributed by atoms with Crippen LogP contribution >= 0.6 is 0 Å². The lowest BCUT2D eigenvalue weighted by atomic mass is 10.0. The summed E-state index contributed by atoms with van der Waals surface area (Å²) in [6, 6.07) is 97.3. The predicted molar refractivity (Wildman–Crippen MR) is 351 cm³/mol. The molecule has 0 aliphatic heterocycles. The van der Waals surface area contributed by atoms with Gasteiger partial charge >= 0.3 is 0 Å². The lowest BCUT2D eigenvalue weighted by Gasteiger charge is -2.26. The smallest absolute Gasteiger partial charge is 0.0973 e. The summed E-state index contributed by atoms with van der Waals surface area (Å²) in [5, 5.41) is 4.90. The third-order valence-electron chi connectivity index (χ3n) is 16.1. The van der Waals surface area contributed by atoms with Crippen LogP contribution in [0, 0.1) is 0 Å². The molecule has 0 N–H and O–H groups in total. The number of anilines is 6. The summed E-state index contributed by atoms with van der Waals surface area (Å²) in [5.74, 6) is 0. The molecule has 0 amide bonds. The van der Waals surface area contributed by atoms with Gasteiger partial charge in [0.25, 0.3) is 0 Å². The van der Waals surface area contributed by atoms with Gasteiger partial charge in [-0.2, -0.15) is 0 Å². The molecular weight excluding hydrogens is 1050 g/mol. The van der Waals surface area contributed by atoms with Crippen molar-refractivity contribution >= 4 is 88.8 Å². The van der Waals surface area contributed by atoms with E-state index in [0.29, 0.717) is 0 Å². The Morgan fingerprint density at radius 2 is 0.547 bits per heavy atom. The van der Waals surface area contributed by atoms with Crippen LogP contribution in [0.2, 0.25) is 0 Å². The number of pyridine rings is 4. The zero-order chi connectivity index (χ0) is 56.9. The lowest BCUT2D eigenvalue weighted by molar-refractivity contribution is 1.17. The Bertz CT molecular complexity index is 4690. The first kappa shape index (κ1) is 49.9. The van der Waals surface area contributed by atoms with Crippen LogP contribution in [0.5, 0.6) is 0 Å². The average Bonchev–Trinajstić information content (AvgIpc) is 3.38. The Labute approximate surface area is 495 Å². The third kappa shape index (κ3) is 8.84. The molecule has 0 unspecified atom stereocenters. The van der Waals surface area contributed by atoms with Gasteiger partial charge < -0.3 is 18.9 Å². The Kier molecular flexibility index (Phi) is 12.3. The van der Waals surface area contributed by atoms with Crippen molar-refractivity contribution in [1.82, 2.24) is 39.0 Å². The van der Waals surface area contributed by atoms with Crippen LogP contribution < -0.4 is 9.80 Å². The van der Waals surface area contributed by atoms with E-state index in [-0.39, 0.29) is 0 Å². The van der Waals surface area contributed by atoms with E-state index in [1.54, 1.807) is 12.4 Å². The van der Waals surface area contributed by atoms with Crippen LogP contribution in [-0.4, -0.2) is 39.0 Å². The van der Waals surface area contributed by atoms with E-state index in [2.05, 4.69) is 235 Å². The maximum absolute atomic E-state index is 5.36. The molecule has 0 saturated heterocycles. The van der Waals surface area contributed by atoms with Gasteiger partial charge in [0.15, 0.2) is 0 Å². The molecule has 16 rings (SSSR count). The highest BCUT2D eigenvalue weighted by Gasteiger charge is 2.21. The van der Waals surface area contributed by atoms with Crippen molar-refractivity contribution in [3.63, 3.8) is 0 Å². The van der Waals surface area contributed by atoms with Gasteiger partial charge in [-0.15, -0.1) is 0 Å². The number of para-hydroxylation sites is 6. The SMILES string of the molecule is c1ccc(-c2ccc(N(c3ccc(-c4nc5ccccc5nc4-c4ccc(N(c5ccc(-n6c7ccccc7c7ccccc76)cc5)c5ccc(-c6ccccn6)nc5)cc4)cc3)c3ccc(-n4c5ccccc5c5ccccc54)cc3)cn2)nc1. The van der Waals surface area contributed by atoms with Crippen molar-refractivity contribution in [2.45, 2.75) is 0 Å². The zero-order valence-electron chi connectivity index (χ0n) is 46.3. The molecule has 7 heterocycles. The second kappa shape index (κ2) is 21.1. The van der Waals surface area contributed by atoms with Crippen LogP contribution in [0.3, 0.4) is 0 Å². The van der Waals surface area contributed by atoms with Gasteiger partial charge in [0.05, 0.1) is 91.0 Å². The molecular formula is C76H50N10. The van der Waals surface area contributed by atoms with E-state index in [4.69, 9.17) is 19.9 Å². The molecule has 0 fully saturated rings. The van der Waals surface area contributed by atoms with Crippen molar-refractivity contribution in [2.75, 3.05) is 9.80 Å². The normalized spacial score (nSPS) is 11.5. The van der Waals surface area contributed by atoms with E-state index in [1.165, 1.54) is 21.5 Å². The molecule has 16 aromatic rings. The summed E-state index contributed by atoms with van der Waals surface area (Å²) < 4.78 is 4.69. The summed E-state index contributed by atoms with van der Waals surface area (Å²) in [7, 11) is 0. The van der Waals surface area contributed by atoms with E-state index >= 15 is 0 Å². The number of rotatable bonds is 12. The van der Waals surface area contributed by atoms with E-state index in [1.807, 2.05) is 85.2 Å². The molecule has 7 aromatic heterocycles. The van der Waals surface area contributed by atoms with Gasteiger partial charge in [-0.3, -0.25) is 19.9 Å². The van der Waals surface area contributed by atoms with Gasteiger partial charge in [0.1, 0.15) is 0 Å². The minimum absolute atomic E-state index is 0.776. The highest BCUT2D eigenvalue weighted by molar-refractivity contribution is 6.10. The quantitative estimate of drug-likeness (QED) is 0.119. The molecule has 0 atom stereocenters. The van der Waals surface area contributed by atoms with E-state index in [0.717, 1.165) is 124 Å². The first-order valence-electron chi connectivity index (χ1n) is 28.7. The zero-order valence-corrected chi connectivity index (χ0v) is 46.3. The molecule has 0 aliphatic rings. The summed E-state index contributed by atoms with van der Waals surface area (Å²) >= 11 is 0. The number of hydrogen-bond donors (Lipinski definition) is 0. The monoisotopic (exact) mass is 1100 g/mol. The number of nitrogens with zero attached hydrogens (tertiary/aromatic N) is 10. The average molecular weight is 1100 g/mol. The highest BCUT2D eigenvalue weighted by Crippen LogP contribution is 2.42. The van der Waals surface area contributed by atoms with E-state index in [9.17, 15) is 0 Å². The van der Waals surface area contributed by atoms with Gasteiger partial charge in [0.2, 0.25) is 0 Å². The number of hydrogen-bond acceptors (Lipinski definition) is 8. The molecule has 10 heteroatoms. The molecule has 9 aromatic carbocycles. The van der Waals surface area contributed by atoms with Crippen LogP contribution in [0.4, 0.5) is 34.1 Å². The lowest BCUT2D eigenvalue weighted by Crippen LogP contribution is -2.11. The fraction of sp³-hybridized carbons (Fsp3) is 0. The maximum Gasteiger partial charge on any atom is 0.0973 e. The predicted octanol–water partition coefficient (Wildman–Crippen LogP) is 19.0. The molecule has 0 spiro atoms. The van der Waals surface area contributed by atoms with Gasteiger partial charge in [-0.05, 0) is 158 Å². The Morgan fingerprint density at radius 3 is 0.872 bits per heavy atom. The number of benzene rings is 9. The summed E-state index contributed by atoms with van der Waals surface area (Å²) in [4.78, 5) is 34.3. The minimum atomic E-state index is 0.776. The van der Waals surface area contributed by atoms with Crippen molar-refractivity contribution in [3.8, 4) is 56.7 Å². The first-order valence-corrected chi connectivity index (χ1v) is 28.7. The van der Waals surface area contributed by atoms with Crippen LogP contribution in [-0.2, 0) is 0 Å². The second-order valence-electron chi connectivity index (χ2n) is 21.2. The van der Waals surface area contributed by atoms with Crippen molar-refractivity contribution in [2.24, 2.45) is 0 Å². The second-order valence-corrected chi connectivity index (χ2v) is 21.2. The largest absolute Gasteiger partial charge is 0.309 e. The molecule has 404 valence electrons. The van der Waals surface area contributed by atoms with Crippen molar-refractivity contribution in [3.05, 3.63) is 304 Å². The van der Waals surface area contributed by atoms with Crippen molar-refractivity contribution < 1.29 is 0 Å². The van der Waals surface area contributed by atoms with E-state index < -0.39 is 0 Å². The maximum atomic E-state index is 5.36. The fourth-order valence-corrected chi connectivity index (χ4v) is 12.1.